The van der Waals surface area contributed by atoms with Gasteiger partial charge >= 0.3 is 0 Å². The second kappa shape index (κ2) is 9.97. The normalized spacial score (nSPS) is 12.3. The van der Waals surface area contributed by atoms with E-state index >= 15 is 0 Å². The minimum atomic E-state index is -1.67. The summed E-state index contributed by atoms with van der Waals surface area (Å²) in [5, 5.41) is 48.1. The highest BCUT2D eigenvalue weighted by molar-refractivity contribution is 5.78. The van der Waals surface area contributed by atoms with Crippen molar-refractivity contribution in [2.45, 2.75) is 10.8 Å². The number of para-hydroxylation sites is 4. The van der Waals surface area contributed by atoms with Crippen molar-refractivity contribution in [3.63, 3.8) is 0 Å². The Balaban J connectivity index is 1.24. The number of ether oxygens (including phenoxy) is 2. The van der Waals surface area contributed by atoms with Crippen molar-refractivity contribution in [1.29, 1.82) is 21.0 Å². The van der Waals surface area contributed by atoms with Gasteiger partial charge in [0.25, 0.3) is 0 Å². The Morgan fingerprint density at radius 1 is 0.409 bits per heavy atom. The van der Waals surface area contributed by atoms with E-state index in [1.165, 1.54) is 0 Å². The third-order valence-corrected chi connectivity index (χ3v) is 8.00. The Kier molecular flexibility index (Phi) is 5.93. The third kappa shape index (κ3) is 3.88. The average molecular weight is 569 g/mol. The van der Waals surface area contributed by atoms with Gasteiger partial charge in [-0.2, -0.15) is 21.0 Å². The molecule has 8 nitrogen and oxygen atoms in total. The van der Waals surface area contributed by atoms with Crippen LogP contribution in [0.1, 0.15) is 22.3 Å². The van der Waals surface area contributed by atoms with Gasteiger partial charge < -0.3 is 20.1 Å². The Hall–Kier alpha value is -6.74. The molecule has 0 amide bonds. The van der Waals surface area contributed by atoms with Gasteiger partial charge in [-0.25, -0.2) is 0 Å². The predicted molar refractivity (Wildman–Crippen MR) is 163 cm³/mol. The monoisotopic (exact) mass is 568 g/mol. The summed E-state index contributed by atoms with van der Waals surface area (Å²) in [7, 11) is 0. The van der Waals surface area contributed by atoms with Gasteiger partial charge in [-0.15, -0.1) is 0 Å². The molecule has 2 aliphatic heterocycles. The molecule has 44 heavy (non-hydrogen) atoms. The van der Waals surface area contributed by atoms with Crippen LogP contribution in [0.2, 0.25) is 0 Å². The van der Waals surface area contributed by atoms with Crippen LogP contribution in [-0.2, 0) is 10.8 Å². The maximum absolute atomic E-state index is 10.4. The van der Waals surface area contributed by atoms with E-state index in [-0.39, 0.29) is 0 Å². The number of hydrogen-bond donors (Lipinski definition) is 2. The smallest absolute Gasteiger partial charge is 0.193 e. The third-order valence-electron chi connectivity index (χ3n) is 8.00. The van der Waals surface area contributed by atoms with Gasteiger partial charge in [0.15, 0.2) is 33.8 Å². The molecule has 0 aromatic heterocycles. The SMILES string of the molecule is N#CC(C#N)(c1ccc(C(C#N)(C#N)c2ccc3c(c2)Oc2ccccc2N3)cc1)c1ccc2c(c1)Oc1ccccc1N2. The quantitative estimate of drug-likeness (QED) is 0.217. The van der Waals surface area contributed by atoms with Crippen LogP contribution in [0.4, 0.5) is 22.7 Å². The lowest BCUT2D eigenvalue weighted by molar-refractivity contribution is 0.479. The summed E-state index contributed by atoms with van der Waals surface area (Å²) in [4.78, 5) is 0. The van der Waals surface area contributed by atoms with Crippen molar-refractivity contribution in [3.8, 4) is 47.3 Å². The average Bonchev–Trinajstić information content (AvgIpc) is 3.08. The Labute approximate surface area is 253 Å². The van der Waals surface area contributed by atoms with Crippen LogP contribution < -0.4 is 20.1 Å². The fraction of sp³-hybridized carbons (Fsp3) is 0.0556. The van der Waals surface area contributed by atoms with Crippen molar-refractivity contribution in [3.05, 3.63) is 131 Å². The minimum Gasteiger partial charge on any atom is -0.453 e. The van der Waals surface area contributed by atoms with E-state index in [0.29, 0.717) is 56.6 Å². The summed E-state index contributed by atoms with van der Waals surface area (Å²) >= 11 is 0. The lowest BCUT2D eigenvalue weighted by atomic mass is 9.73. The first-order valence-corrected chi connectivity index (χ1v) is 13.7. The number of anilines is 4. The number of rotatable bonds is 4. The molecule has 2 N–H and O–H groups in total. The zero-order chi connectivity index (χ0) is 30.3. The van der Waals surface area contributed by atoms with Crippen LogP contribution in [0.15, 0.2) is 109 Å². The lowest BCUT2D eigenvalue weighted by Crippen LogP contribution is -2.26. The molecular weight excluding hydrogens is 548 g/mol. The second-order valence-electron chi connectivity index (χ2n) is 10.4. The summed E-state index contributed by atoms with van der Waals surface area (Å²) < 4.78 is 12.1. The van der Waals surface area contributed by atoms with Crippen molar-refractivity contribution >= 4 is 22.7 Å². The van der Waals surface area contributed by atoms with Crippen LogP contribution in [0.5, 0.6) is 23.0 Å². The van der Waals surface area contributed by atoms with E-state index in [4.69, 9.17) is 9.47 Å². The van der Waals surface area contributed by atoms with E-state index in [9.17, 15) is 21.0 Å². The zero-order valence-electron chi connectivity index (χ0n) is 23.0. The lowest BCUT2D eigenvalue weighted by Gasteiger charge is -2.26. The van der Waals surface area contributed by atoms with Gasteiger partial charge in [-0.05, 0) is 70.8 Å². The van der Waals surface area contributed by atoms with Gasteiger partial charge in [-0.3, -0.25) is 0 Å². The molecule has 5 aromatic carbocycles. The highest BCUT2D eigenvalue weighted by Gasteiger charge is 2.39. The molecule has 0 radical (unpaired) electrons. The number of benzene rings is 5. The number of hydrogen-bond acceptors (Lipinski definition) is 8. The van der Waals surface area contributed by atoms with E-state index < -0.39 is 10.8 Å². The van der Waals surface area contributed by atoms with E-state index in [0.717, 1.165) is 11.4 Å². The fourth-order valence-corrected chi connectivity index (χ4v) is 5.60. The first-order valence-electron chi connectivity index (χ1n) is 13.7. The molecule has 0 aliphatic carbocycles. The maximum atomic E-state index is 10.4. The summed E-state index contributed by atoms with van der Waals surface area (Å²) in [6.07, 6.45) is 0. The second-order valence-corrected chi connectivity index (χ2v) is 10.4. The number of nitrogens with one attached hydrogen (secondary N) is 2. The van der Waals surface area contributed by atoms with Crippen molar-refractivity contribution < 1.29 is 9.47 Å². The molecule has 0 saturated carbocycles. The molecule has 5 aromatic rings. The van der Waals surface area contributed by atoms with E-state index in [2.05, 4.69) is 34.9 Å². The highest BCUT2D eigenvalue weighted by Crippen LogP contribution is 2.46. The minimum absolute atomic E-state index is 0.398. The molecule has 2 aliphatic rings. The van der Waals surface area contributed by atoms with Crippen LogP contribution >= 0.6 is 0 Å². The molecule has 2 heterocycles. The largest absolute Gasteiger partial charge is 0.453 e. The molecule has 0 atom stereocenters. The van der Waals surface area contributed by atoms with Gasteiger partial charge in [0.05, 0.1) is 47.0 Å². The van der Waals surface area contributed by atoms with E-state index in [1.54, 1.807) is 60.7 Å². The maximum Gasteiger partial charge on any atom is 0.193 e. The predicted octanol–water partition coefficient (Wildman–Crippen LogP) is 8.05. The molecule has 206 valence electrons. The number of nitrogens with zero attached hydrogens (tertiary/aromatic N) is 4. The molecule has 0 saturated heterocycles. The fourth-order valence-electron chi connectivity index (χ4n) is 5.60. The molecule has 7 rings (SSSR count). The molecular formula is C36H20N6O2. The first kappa shape index (κ1) is 26.2. The topological polar surface area (TPSA) is 138 Å². The standard InChI is InChI=1S/C36H20N6O2/c37-19-35(20-38,25-13-15-29-33(17-25)43-31-7-3-1-5-27(31)41-29)23-9-11-24(12-10-23)36(21-39,22-40)26-14-16-30-34(18-26)44-32-8-4-2-6-28(32)42-30/h1-18,41-42H. The summed E-state index contributed by atoms with van der Waals surface area (Å²) in [6, 6.07) is 40.6. The Bertz CT molecular complexity index is 1960. The van der Waals surface area contributed by atoms with Gasteiger partial charge in [0.1, 0.15) is 0 Å². The van der Waals surface area contributed by atoms with Crippen LogP contribution in [0.25, 0.3) is 0 Å². The van der Waals surface area contributed by atoms with Gasteiger partial charge in [-0.1, -0.05) is 60.7 Å². The van der Waals surface area contributed by atoms with Crippen LogP contribution in [0.3, 0.4) is 0 Å². The Morgan fingerprint density at radius 3 is 1.14 bits per heavy atom. The van der Waals surface area contributed by atoms with Crippen LogP contribution in [-0.4, -0.2) is 0 Å². The van der Waals surface area contributed by atoms with Crippen LogP contribution in [0, 0.1) is 45.3 Å². The van der Waals surface area contributed by atoms with Gasteiger partial charge in [0, 0.05) is 0 Å². The zero-order valence-corrected chi connectivity index (χ0v) is 23.0. The highest BCUT2D eigenvalue weighted by atomic mass is 16.5. The van der Waals surface area contributed by atoms with Crippen molar-refractivity contribution in [2.75, 3.05) is 10.6 Å². The van der Waals surface area contributed by atoms with Gasteiger partial charge in [0.2, 0.25) is 0 Å². The number of fused-ring (bicyclic) bond motifs is 4. The molecule has 8 heteroatoms. The molecule has 0 bridgehead atoms. The summed E-state index contributed by atoms with van der Waals surface area (Å²) in [5.74, 6) is 2.26. The Morgan fingerprint density at radius 2 is 0.750 bits per heavy atom. The molecule has 0 fully saturated rings. The summed E-state index contributed by atoms with van der Waals surface area (Å²) in [6.45, 7) is 0. The van der Waals surface area contributed by atoms with Crippen molar-refractivity contribution in [1.82, 2.24) is 0 Å². The van der Waals surface area contributed by atoms with E-state index in [1.807, 2.05) is 48.5 Å². The first-order chi connectivity index (χ1) is 21.5. The number of nitriles is 4. The molecule has 0 unspecified atom stereocenters. The van der Waals surface area contributed by atoms with Crippen molar-refractivity contribution in [2.24, 2.45) is 0 Å². The summed E-state index contributed by atoms with van der Waals surface area (Å²) in [5.41, 5.74) is 1.39. The molecule has 0 spiro atoms.